The zero-order chi connectivity index (χ0) is 28.2. The number of carboxylic acids is 2. The molecule has 208 valence electrons. The van der Waals surface area contributed by atoms with Crippen molar-refractivity contribution in [3.05, 3.63) is 35.9 Å². The Bertz CT molecular complexity index is 1030. The normalized spacial score (nSPS) is 17.1. The molecule has 2 rings (SSSR count). The number of likely N-dealkylation sites (tertiary alicyclic amines) is 1. The molecule has 0 spiro atoms. The monoisotopic (exact) mass is 533 g/mol. The van der Waals surface area contributed by atoms with Crippen molar-refractivity contribution in [2.75, 3.05) is 13.1 Å². The van der Waals surface area contributed by atoms with Crippen LogP contribution in [0.15, 0.2) is 35.3 Å². The van der Waals surface area contributed by atoms with E-state index in [4.69, 9.17) is 22.3 Å². The second-order valence-corrected chi connectivity index (χ2v) is 8.99. The Morgan fingerprint density at radius 1 is 1.03 bits per heavy atom. The van der Waals surface area contributed by atoms with Gasteiger partial charge in [-0.25, -0.2) is 4.79 Å². The third-order valence-corrected chi connectivity index (χ3v) is 6.03. The number of nitrogens with zero attached hydrogens (tertiary/aromatic N) is 2. The first-order valence-electron chi connectivity index (χ1n) is 12.2. The number of rotatable bonds is 14. The van der Waals surface area contributed by atoms with E-state index < -0.39 is 60.2 Å². The molecular weight excluding hydrogens is 498 g/mol. The Labute approximate surface area is 219 Å². The number of nitrogens with one attached hydrogen (secondary N) is 2. The van der Waals surface area contributed by atoms with Gasteiger partial charge in [0.25, 0.3) is 0 Å². The predicted octanol–water partition coefficient (Wildman–Crippen LogP) is -1.87. The Kier molecular flexibility index (Phi) is 11.5. The van der Waals surface area contributed by atoms with Crippen molar-refractivity contribution in [1.82, 2.24) is 15.5 Å². The molecule has 4 unspecified atom stereocenters. The van der Waals surface area contributed by atoms with Crippen LogP contribution in [0.1, 0.15) is 37.7 Å². The minimum absolute atomic E-state index is 0.0574. The van der Waals surface area contributed by atoms with Gasteiger partial charge in [0.15, 0.2) is 5.96 Å². The Morgan fingerprint density at radius 2 is 1.68 bits per heavy atom. The van der Waals surface area contributed by atoms with Crippen molar-refractivity contribution in [1.29, 1.82) is 0 Å². The first-order valence-corrected chi connectivity index (χ1v) is 12.2. The van der Waals surface area contributed by atoms with Crippen LogP contribution in [-0.4, -0.2) is 88.0 Å². The van der Waals surface area contributed by atoms with E-state index in [0.29, 0.717) is 12.8 Å². The second kappa shape index (κ2) is 14.5. The molecule has 1 fully saturated rings. The van der Waals surface area contributed by atoms with Gasteiger partial charge in [0.1, 0.15) is 18.1 Å². The molecule has 1 aliphatic heterocycles. The first kappa shape index (κ1) is 30.0. The van der Waals surface area contributed by atoms with Gasteiger partial charge in [0, 0.05) is 19.5 Å². The lowest BCUT2D eigenvalue weighted by Gasteiger charge is -2.29. The summed E-state index contributed by atoms with van der Waals surface area (Å²) >= 11 is 0. The molecule has 10 N–H and O–H groups in total. The molecule has 4 atom stereocenters. The SMILES string of the molecule is NC(N)=NCCCC(NC(=O)C(N)CC(=O)O)C(=O)NC(Cc1ccccc1)C(=O)N1CCCC1C(=O)O. The third kappa shape index (κ3) is 9.35. The number of carbonyl (C=O) groups excluding carboxylic acids is 3. The Hall–Kier alpha value is -4.20. The lowest BCUT2D eigenvalue weighted by atomic mass is 10.0. The fraction of sp³-hybridized carbons (Fsp3) is 0.500. The average Bonchev–Trinajstić information content (AvgIpc) is 3.35. The quantitative estimate of drug-likeness (QED) is 0.0797. The van der Waals surface area contributed by atoms with Crippen LogP contribution in [0.5, 0.6) is 0 Å². The average molecular weight is 534 g/mol. The summed E-state index contributed by atoms with van der Waals surface area (Å²) in [5, 5.41) is 23.6. The first-order chi connectivity index (χ1) is 18.0. The molecule has 1 aromatic carbocycles. The van der Waals surface area contributed by atoms with E-state index >= 15 is 0 Å². The molecule has 1 saturated heterocycles. The minimum atomic E-state index is -1.40. The number of nitrogens with two attached hydrogens (primary N) is 3. The van der Waals surface area contributed by atoms with Crippen LogP contribution in [0.2, 0.25) is 0 Å². The van der Waals surface area contributed by atoms with Gasteiger partial charge < -0.3 is 42.9 Å². The number of aliphatic imine (C=N–C) groups is 1. The number of benzene rings is 1. The van der Waals surface area contributed by atoms with E-state index in [1.54, 1.807) is 30.3 Å². The summed E-state index contributed by atoms with van der Waals surface area (Å²) in [6.07, 6.45) is 0.588. The number of guanidine groups is 1. The highest BCUT2D eigenvalue weighted by molar-refractivity contribution is 5.95. The standard InChI is InChI=1S/C24H35N7O7/c25-15(13-19(32)33)20(34)29-16(8-4-10-28-24(26)27)21(35)30-17(12-14-6-2-1-3-7-14)22(36)31-11-5-9-18(31)23(37)38/h1-3,6-7,15-18H,4-5,8-13,25H2,(H,29,34)(H,30,35)(H,32,33)(H,37,38)(H4,26,27,28). The number of carbonyl (C=O) groups is 5. The molecule has 0 saturated carbocycles. The van der Waals surface area contributed by atoms with Crippen LogP contribution in [0.3, 0.4) is 0 Å². The van der Waals surface area contributed by atoms with Crippen LogP contribution >= 0.6 is 0 Å². The van der Waals surface area contributed by atoms with Gasteiger partial charge in [-0.2, -0.15) is 0 Å². The van der Waals surface area contributed by atoms with Gasteiger partial charge in [0.2, 0.25) is 17.7 Å². The van der Waals surface area contributed by atoms with Gasteiger partial charge in [0.05, 0.1) is 12.5 Å². The molecule has 0 aliphatic carbocycles. The summed E-state index contributed by atoms with van der Waals surface area (Å²) < 4.78 is 0. The van der Waals surface area contributed by atoms with Crippen molar-refractivity contribution in [2.24, 2.45) is 22.2 Å². The van der Waals surface area contributed by atoms with Gasteiger partial charge >= 0.3 is 11.9 Å². The molecule has 14 nitrogen and oxygen atoms in total. The van der Waals surface area contributed by atoms with Crippen LogP contribution in [-0.2, 0) is 30.4 Å². The number of amides is 3. The molecule has 0 aromatic heterocycles. The summed E-state index contributed by atoms with van der Waals surface area (Å²) in [4.78, 5) is 67.0. The molecule has 1 heterocycles. The van der Waals surface area contributed by atoms with Crippen molar-refractivity contribution in [3.8, 4) is 0 Å². The van der Waals surface area contributed by atoms with Gasteiger partial charge in [-0.1, -0.05) is 30.3 Å². The van der Waals surface area contributed by atoms with Crippen molar-refractivity contribution >= 4 is 35.6 Å². The highest BCUT2D eigenvalue weighted by Crippen LogP contribution is 2.20. The second-order valence-electron chi connectivity index (χ2n) is 8.99. The highest BCUT2D eigenvalue weighted by Gasteiger charge is 2.38. The lowest BCUT2D eigenvalue weighted by Crippen LogP contribution is -2.57. The fourth-order valence-electron chi connectivity index (χ4n) is 4.14. The minimum Gasteiger partial charge on any atom is -0.481 e. The van der Waals surface area contributed by atoms with E-state index in [-0.39, 0.29) is 38.3 Å². The number of aliphatic carboxylic acids is 2. The zero-order valence-corrected chi connectivity index (χ0v) is 20.9. The summed E-state index contributed by atoms with van der Waals surface area (Å²) in [5.74, 6) is -4.69. The summed E-state index contributed by atoms with van der Waals surface area (Å²) in [5.41, 5.74) is 17.0. The molecule has 0 bridgehead atoms. The van der Waals surface area contributed by atoms with Gasteiger partial charge in [-0.3, -0.25) is 24.2 Å². The van der Waals surface area contributed by atoms with E-state index in [1.165, 1.54) is 4.90 Å². The molecule has 0 radical (unpaired) electrons. The molecule has 3 amide bonds. The molecular formula is C24H35N7O7. The molecule has 14 heteroatoms. The maximum Gasteiger partial charge on any atom is 0.326 e. The van der Waals surface area contributed by atoms with Crippen molar-refractivity contribution in [3.63, 3.8) is 0 Å². The Morgan fingerprint density at radius 3 is 2.29 bits per heavy atom. The van der Waals surface area contributed by atoms with E-state index in [2.05, 4.69) is 15.6 Å². The van der Waals surface area contributed by atoms with Crippen LogP contribution in [0.25, 0.3) is 0 Å². The molecule has 1 aromatic rings. The maximum atomic E-state index is 13.4. The summed E-state index contributed by atoms with van der Waals surface area (Å²) in [6, 6.07) is 4.17. The number of hydrogen-bond donors (Lipinski definition) is 7. The van der Waals surface area contributed by atoms with E-state index in [0.717, 1.165) is 5.56 Å². The van der Waals surface area contributed by atoms with Crippen LogP contribution < -0.4 is 27.8 Å². The largest absolute Gasteiger partial charge is 0.481 e. The topological polar surface area (TPSA) is 244 Å². The smallest absolute Gasteiger partial charge is 0.326 e. The predicted molar refractivity (Wildman–Crippen MR) is 137 cm³/mol. The summed E-state index contributed by atoms with van der Waals surface area (Å²) in [6.45, 7) is 0.392. The number of carboxylic acid groups (broad SMARTS) is 2. The van der Waals surface area contributed by atoms with Crippen molar-refractivity contribution in [2.45, 2.75) is 62.7 Å². The maximum absolute atomic E-state index is 13.4. The number of hydrogen-bond acceptors (Lipinski definition) is 7. The van der Waals surface area contributed by atoms with Crippen LogP contribution in [0, 0.1) is 0 Å². The van der Waals surface area contributed by atoms with Gasteiger partial charge in [-0.15, -0.1) is 0 Å². The van der Waals surface area contributed by atoms with E-state index in [9.17, 15) is 29.1 Å². The third-order valence-electron chi connectivity index (χ3n) is 6.03. The van der Waals surface area contributed by atoms with Crippen LogP contribution in [0.4, 0.5) is 0 Å². The Balaban J connectivity index is 2.25. The van der Waals surface area contributed by atoms with E-state index in [1.807, 2.05) is 0 Å². The zero-order valence-electron chi connectivity index (χ0n) is 20.9. The molecule has 1 aliphatic rings. The highest BCUT2D eigenvalue weighted by atomic mass is 16.4. The van der Waals surface area contributed by atoms with Gasteiger partial charge in [-0.05, 0) is 31.2 Å². The van der Waals surface area contributed by atoms with Crippen molar-refractivity contribution < 1.29 is 34.2 Å². The fourth-order valence-corrected chi connectivity index (χ4v) is 4.14. The summed E-state index contributed by atoms with van der Waals surface area (Å²) in [7, 11) is 0. The lowest BCUT2D eigenvalue weighted by molar-refractivity contribution is -0.149. The molecule has 38 heavy (non-hydrogen) atoms.